The van der Waals surface area contributed by atoms with Crippen molar-refractivity contribution in [3.63, 3.8) is 0 Å². The fraction of sp³-hybridized carbons (Fsp3) is 0.448. The molecule has 0 aromatic heterocycles. The first-order valence-electron chi connectivity index (χ1n) is 11.5. The minimum Gasteiger partial charge on any atom is -0.0727 e. The fourth-order valence-corrected chi connectivity index (χ4v) is 6.31. The van der Waals surface area contributed by atoms with Crippen molar-refractivity contribution in [1.29, 1.82) is 0 Å². The molecule has 1 saturated carbocycles. The molecule has 2 aromatic rings. The molecule has 0 radical (unpaired) electrons. The van der Waals surface area contributed by atoms with Crippen LogP contribution in [0.3, 0.4) is 0 Å². The summed E-state index contributed by atoms with van der Waals surface area (Å²) in [5.74, 6) is 0.548. The maximum Gasteiger partial charge on any atom is 0.00803 e. The molecule has 150 valence electrons. The van der Waals surface area contributed by atoms with Crippen LogP contribution in [0.1, 0.15) is 76.5 Å². The third kappa shape index (κ3) is 2.95. The lowest BCUT2D eigenvalue weighted by atomic mass is 9.59. The van der Waals surface area contributed by atoms with Crippen LogP contribution in [0.4, 0.5) is 0 Å². The normalized spacial score (nSPS) is 22.7. The van der Waals surface area contributed by atoms with Crippen molar-refractivity contribution < 1.29 is 0 Å². The van der Waals surface area contributed by atoms with E-state index in [0.29, 0.717) is 5.92 Å². The lowest BCUT2D eigenvalue weighted by Crippen LogP contribution is -2.37. The van der Waals surface area contributed by atoms with Gasteiger partial charge < -0.3 is 0 Å². The van der Waals surface area contributed by atoms with Gasteiger partial charge in [0.1, 0.15) is 0 Å². The van der Waals surface area contributed by atoms with E-state index in [1.54, 1.807) is 16.7 Å². The molecule has 0 heterocycles. The third-order valence-corrected chi connectivity index (χ3v) is 7.81. The first kappa shape index (κ1) is 18.9. The maximum atomic E-state index is 2.64. The van der Waals surface area contributed by atoms with Crippen LogP contribution < -0.4 is 0 Å². The zero-order valence-corrected chi connectivity index (χ0v) is 18.5. The summed E-state index contributed by atoms with van der Waals surface area (Å²) in [4.78, 5) is 0. The maximum absolute atomic E-state index is 2.64. The molecule has 5 rings (SSSR count). The zero-order valence-electron chi connectivity index (χ0n) is 18.5. The Morgan fingerprint density at radius 1 is 0.862 bits per heavy atom. The van der Waals surface area contributed by atoms with Gasteiger partial charge in [-0.15, -0.1) is 0 Å². The van der Waals surface area contributed by atoms with E-state index in [9.17, 15) is 0 Å². The highest BCUT2D eigenvalue weighted by Gasteiger charge is 2.45. The highest BCUT2D eigenvalue weighted by atomic mass is 14.5. The number of benzene rings is 2. The molecule has 1 fully saturated rings. The first-order chi connectivity index (χ1) is 13.9. The minimum atomic E-state index is 0.223. The van der Waals surface area contributed by atoms with Crippen molar-refractivity contribution in [2.75, 3.05) is 0 Å². The van der Waals surface area contributed by atoms with Crippen molar-refractivity contribution in [2.45, 2.75) is 71.6 Å². The Labute approximate surface area is 176 Å². The zero-order chi connectivity index (χ0) is 20.2. The average molecular weight is 383 g/mol. The van der Waals surface area contributed by atoms with Crippen LogP contribution in [0.5, 0.6) is 0 Å². The topological polar surface area (TPSA) is 0 Å². The summed E-state index contributed by atoms with van der Waals surface area (Å²) in [5.41, 5.74) is 11.3. The van der Waals surface area contributed by atoms with Gasteiger partial charge in [-0.25, -0.2) is 0 Å². The molecule has 0 N–H and O–H groups in total. The van der Waals surface area contributed by atoms with Crippen LogP contribution in [-0.4, -0.2) is 0 Å². The van der Waals surface area contributed by atoms with Gasteiger partial charge >= 0.3 is 0 Å². The molecule has 0 amide bonds. The Morgan fingerprint density at radius 2 is 1.59 bits per heavy atom. The highest BCUT2D eigenvalue weighted by molar-refractivity contribution is 5.78. The Balaban J connectivity index is 1.67. The lowest BCUT2D eigenvalue weighted by molar-refractivity contribution is 0.244. The lowest BCUT2D eigenvalue weighted by Gasteiger charge is -2.44. The second-order valence-electron chi connectivity index (χ2n) is 10.6. The van der Waals surface area contributed by atoms with Crippen LogP contribution in [-0.2, 0) is 11.8 Å². The number of rotatable bonds is 2. The van der Waals surface area contributed by atoms with Gasteiger partial charge in [0.25, 0.3) is 0 Å². The van der Waals surface area contributed by atoms with Crippen molar-refractivity contribution in [2.24, 2.45) is 11.3 Å². The molecule has 0 aliphatic heterocycles. The predicted molar refractivity (Wildman–Crippen MR) is 124 cm³/mol. The molecule has 0 spiro atoms. The Kier molecular flexibility index (Phi) is 4.39. The molecule has 0 saturated heterocycles. The second kappa shape index (κ2) is 6.73. The molecule has 1 atom stereocenters. The Morgan fingerprint density at radius 3 is 2.31 bits per heavy atom. The summed E-state index contributed by atoms with van der Waals surface area (Å²) in [7, 11) is 0. The average Bonchev–Trinajstić information content (AvgIpc) is 3.29. The van der Waals surface area contributed by atoms with Crippen molar-refractivity contribution >= 4 is 0 Å². The summed E-state index contributed by atoms with van der Waals surface area (Å²) >= 11 is 0. The van der Waals surface area contributed by atoms with E-state index in [-0.39, 0.29) is 10.8 Å². The molecular formula is C29H34. The highest BCUT2D eigenvalue weighted by Crippen LogP contribution is 2.54. The number of hydrogen-bond acceptors (Lipinski definition) is 0. The van der Waals surface area contributed by atoms with Gasteiger partial charge in [-0.2, -0.15) is 0 Å². The van der Waals surface area contributed by atoms with Crippen molar-refractivity contribution in [3.05, 3.63) is 82.5 Å². The molecule has 3 aliphatic rings. The summed E-state index contributed by atoms with van der Waals surface area (Å²) in [5, 5.41) is 0. The monoisotopic (exact) mass is 382 g/mol. The molecule has 0 bridgehead atoms. The summed E-state index contributed by atoms with van der Waals surface area (Å²) in [6, 6.07) is 16.2. The first-order valence-corrected chi connectivity index (χ1v) is 11.5. The van der Waals surface area contributed by atoms with E-state index in [1.165, 1.54) is 54.4 Å². The van der Waals surface area contributed by atoms with Crippen LogP contribution in [0.25, 0.3) is 11.1 Å². The Hall–Kier alpha value is -2.08. The van der Waals surface area contributed by atoms with Gasteiger partial charge in [-0.1, -0.05) is 100 Å². The second-order valence-corrected chi connectivity index (χ2v) is 10.6. The quantitative estimate of drug-likeness (QED) is 0.421. The molecule has 3 aliphatic carbocycles. The van der Waals surface area contributed by atoms with Crippen molar-refractivity contribution in [3.8, 4) is 11.1 Å². The third-order valence-electron chi connectivity index (χ3n) is 7.81. The van der Waals surface area contributed by atoms with E-state index in [4.69, 9.17) is 0 Å². The molecule has 1 unspecified atom stereocenters. The van der Waals surface area contributed by atoms with E-state index in [0.717, 1.165) is 6.42 Å². The molecule has 0 heteroatoms. The van der Waals surface area contributed by atoms with Crippen LogP contribution in [0, 0.1) is 11.3 Å². The summed E-state index contributed by atoms with van der Waals surface area (Å²) in [6.45, 7) is 9.45. The van der Waals surface area contributed by atoms with Crippen molar-refractivity contribution in [1.82, 2.24) is 0 Å². The molecule has 0 nitrogen and oxygen atoms in total. The molecule has 2 aromatic carbocycles. The number of hydrogen-bond donors (Lipinski definition) is 0. The largest absolute Gasteiger partial charge is 0.0727 e. The van der Waals surface area contributed by atoms with Gasteiger partial charge in [0.2, 0.25) is 0 Å². The SMILES string of the molecule is CC1=CC(C(C)(C)C)=CC1C1(c2cccc3c2Cc2ccccc2-3)CCCCC1. The standard InChI is InChI=1S/C29H34/c1-20-17-22(28(2,3)4)19-27(20)29(15-8-5-9-16-29)26-14-10-13-24-23-12-7-6-11-21(23)18-25(24)26/h6-7,10-14,17,19,27H,5,8-9,15-16,18H2,1-4H3. The fourth-order valence-electron chi connectivity index (χ4n) is 6.31. The molecule has 29 heavy (non-hydrogen) atoms. The van der Waals surface area contributed by atoms with E-state index >= 15 is 0 Å². The van der Waals surface area contributed by atoms with E-state index in [1.807, 2.05) is 0 Å². The van der Waals surface area contributed by atoms with E-state index in [2.05, 4.69) is 82.3 Å². The summed E-state index contributed by atoms with van der Waals surface area (Å²) in [6.07, 6.45) is 13.0. The van der Waals surface area contributed by atoms with Gasteiger partial charge in [0.05, 0.1) is 0 Å². The van der Waals surface area contributed by atoms with Gasteiger partial charge in [0.15, 0.2) is 0 Å². The van der Waals surface area contributed by atoms with Crippen LogP contribution in [0.15, 0.2) is 65.8 Å². The summed E-state index contributed by atoms with van der Waals surface area (Å²) < 4.78 is 0. The number of allylic oxidation sites excluding steroid dienone is 4. The van der Waals surface area contributed by atoms with E-state index < -0.39 is 0 Å². The smallest absolute Gasteiger partial charge is 0.00803 e. The van der Waals surface area contributed by atoms with Crippen LogP contribution >= 0.6 is 0 Å². The Bertz CT molecular complexity index is 1000. The predicted octanol–water partition coefficient (Wildman–Crippen LogP) is 8.01. The van der Waals surface area contributed by atoms with Gasteiger partial charge in [0, 0.05) is 11.3 Å². The van der Waals surface area contributed by atoms with Gasteiger partial charge in [-0.3, -0.25) is 0 Å². The molecular weight excluding hydrogens is 348 g/mol. The van der Waals surface area contributed by atoms with Gasteiger partial charge in [-0.05, 0) is 65.0 Å². The van der Waals surface area contributed by atoms with Crippen LogP contribution in [0.2, 0.25) is 0 Å². The minimum absolute atomic E-state index is 0.223. The number of fused-ring (bicyclic) bond motifs is 3.